The van der Waals surface area contributed by atoms with Gasteiger partial charge in [0.1, 0.15) is 5.75 Å². The van der Waals surface area contributed by atoms with Crippen molar-refractivity contribution < 1.29 is 9.53 Å². The van der Waals surface area contributed by atoms with Gasteiger partial charge in [-0.3, -0.25) is 4.79 Å². The van der Waals surface area contributed by atoms with Crippen LogP contribution in [0.1, 0.15) is 44.0 Å². The first kappa shape index (κ1) is 15.8. The highest BCUT2D eigenvalue weighted by atomic mass is 16.5. The van der Waals surface area contributed by atoms with E-state index in [2.05, 4.69) is 19.2 Å². The molecule has 1 aromatic carbocycles. The summed E-state index contributed by atoms with van der Waals surface area (Å²) in [6.45, 7) is 8.57. The Kier molecular flexibility index (Phi) is 5.62. The Morgan fingerprint density at radius 3 is 2.52 bits per heavy atom. The monoisotopic (exact) mass is 290 g/mol. The van der Waals surface area contributed by atoms with E-state index in [1.165, 1.54) is 0 Å². The molecule has 0 bridgehead atoms. The van der Waals surface area contributed by atoms with Crippen LogP contribution in [0, 0.1) is 0 Å². The topological polar surface area (TPSA) is 41.6 Å². The third-order valence-corrected chi connectivity index (χ3v) is 4.14. The summed E-state index contributed by atoms with van der Waals surface area (Å²) in [5.74, 6) is 0.942. The smallest absolute Gasteiger partial charge is 0.254 e. The first-order chi connectivity index (χ1) is 10.2. The molecule has 0 aliphatic carbocycles. The summed E-state index contributed by atoms with van der Waals surface area (Å²) in [5.41, 5.74) is 0.744. The molecular weight excluding hydrogens is 264 g/mol. The molecule has 0 spiro atoms. The zero-order valence-electron chi connectivity index (χ0n) is 13.3. The number of benzene rings is 1. The number of nitrogens with zero attached hydrogens (tertiary/aromatic N) is 1. The van der Waals surface area contributed by atoms with Gasteiger partial charge in [-0.05, 0) is 44.0 Å². The van der Waals surface area contributed by atoms with Gasteiger partial charge < -0.3 is 15.0 Å². The first-order valence-corrected chi connectivity index (χ1v) is 7.96. The summed E-state index contributed by atoms with van der Waals surface area (Å²) in [5, 5.41) is 3.52. The van der Waals surface area contributed by atoms with Crippen molar-refractivity contribution in [1.29, 1.82) is 0 Å². The number of ether oxygens (including phenoxy) is 1. The minimum absolute atomic E-state index is 0.129. The van der Waals surface area contributed by atoms with Crippen LogP contribution in [0.4, 0.5) is 0 Å². The Morgan fingerprint density at radius 2 is 1.95 bits per heavy atom. The van der Waals surface area contributed by atoms with Crippen molar-refractivity contribution in [1.82, 2.24) is 10.2 Å². The third-order valence-electron chi connectivity index (χ3n) is 4.14. The number of amides is 1. The Bertz CT molecular complexity index is 458. The average molecular weight is 290 g/mol. The molecule has 4 nitrogen and oxygen atoms in total. The Labute approximate surface area is 127 Å². The molecule has 1 aliphatic rings. The fourth-order valence-corrected chi connectivity index (χ4v) is 2.78. The number of nitrogens with one attached hydrogen (secondary N) is 1. The molecule has 2 rings (SSSR count). The van der Waals surface area contributed by atoms with Crippen molar-refractivity contribution in [3.63, 3.8) is 0 Å². The van der Waals surface area contributed by atoms with Gasteiger partial charge in [0.15, 0.2) is 0 Å². The van der Waals surface area contributed by atoms with Crippen LogP contribution < -0.4 is 10.1 Å². The molecule has 1 fully saturated rings. The van der Waals surface area contributed by atoms with Gasteiger partial charge in [-0.15, -0.1) is 0 Å². The zero-order valence-corrected chi connectivity index (χ0v) is 13.3. The molecule has 1 N–H and O–H groups in total. The molecule has 21 heavy (non-hydrogen) atoms. The van der Waals surface area contributed by atoms with Crippen LogP contribution in [0.5, 0.6) is 5.75 Å². The molecule has 1 aliphatic heterocycles. The van der Waals surface area contributed by atoms with Gasteiger partial charge in [0, 0.05) is 30.7 Å². The van der Waals surface area contributed by atoms with Crippen LogP contribution in [-0.4, -0.2) is 42.6 Å². The zero-order chi connectivity index (χ0) is 15.2. The lowest BCUT2D eigenvalue weighted by molar-refractivity contribution is 0.0576. The summed E-state index contributed by atoms with van der Waals surface area (Å²) in [4.78, 5) is 14.8. The van der Waals surface area contributed by atoms with Gasteiger partial charge in [0.05, 0.1) is 6.61 Å². The molecule has 0 radical (unpaired) electrons. The number of hydrogen-bond acceptors (Lipinski definition) is 3. The summed E-state index contributed by atoms with van der Waals surface area (Å²) in [7, 11) is 0. The molecular formula is C17H26N2O2. The standard InChI is InChI=1S/C17H26N2O2/c1-4-14-12-19(15(5-2)11-18-14)17(20)13-7-9-16(10-8-13)21-6-3/h7-10,14-15,18H,4-6,11-12H2,1-3H3. The van der Waals surface area contributed by atoms with Crippen LogP contribution in [0.2, 0.25) is 0 Å². The third kappa shape index (κ3) is 3.76. The van der Waals surface area contributed by atoms with E-state index < -0.39 is 0 Å². The normalized spacial score (nSPS) is 22.1. The predicted molar refractivity (Wildman–Crippen MR) is 84.8 cm³/mol. The lowest BCUT2D eigenvalue weighted by Gasteiger charge is -2.40. The molecule has 116 valence electrons. The quantitative estimate of drug-likeness (QED) is 0.906. The fraction of sp³-hybridized carbons (Fsp3) is 0.588. The first-order valence-electron chi connectivity index (χ1n) is 7.96. The molecule has 1 saturated heterocycles. The highest BCUT2D eigenvalue weighted by molar-refractivity contribution is 5.94. The van der Waals surface area contributed by atoms with Crippen molar-refractivity contribution >= 4 is 5.91 Å². The minimum Gasteiger partial charge on any atom is -0.494 e. The number of carbonyl (C=O) groups excluding carboxylic acids is 1. The second-order valence-electron chi connectivity index (χ2n) is 5.49. The second-order valence-corrected chi connectivity index (χ2v) is 5.49. The number of piperazine rings is 1. The lowest BCUT2D eigenvalue weighted by Crippen LogP contribution is -2.57. The van der Waals surface area contributed by atoms with Crippen LogP contribution in [0.15, 0.2) is 24.3 Å². The molecule has 2 atom stereocenters. The minimum atomic E-state index is 0.129. The predicted octanol–water partition coefficient (Wildman–Crippen LogP) is 2.69. The van der Waals surface area contributed by atoms with Crippen molar-refractivity contribution in [2.24, 2.45) is 0 Å². The maximum absolute atomic E-state index is 12.8. The Balaban J connectivity index is 2.12. The second kappa shape index (κ2) is 7.46. The fourth-order valence-electron chi connectivity index (χ4n) is 2.78. The van der Waals surface area contributed by atoms with E-state index >= 15 is 0 Å². The SMILES string of the molecule is CCOc1ccc(C(=O)N2CC(CC)NCC2CC)cc1. The lowest BCUT2D eigenvalue weighted by atomic mass is 10.0. The van der Waals surface area contributed by atoms with Crippen molar-refractivity contribution in [3.05, 3.63) is 29.8 Å². The number of rotatable bonds is 5. The van der Waals surface area contributed by atoms with E-state index in [-0.39, 0.29) is 11.9 Å². The highest BCUT2D eigenvalue weighted by Gasteiger charge is 2.29. The van der Waals surface area contributed by atoms with E-state index in [1.54, 1.807) is 0 Å². The average Bonchev–Trinajstić information content (AvgIpc) is 2.54. The van der Waals surface area contributed by atoms with Gasteiger partial charge in [-0.25, -0.2) is 0 Å². The van der Waals surface area contributed by atoms with E-state index in [0.29, 0.717) is 12.6 Å². The Morgan fingerprint density at radius 1 is 1.24 bits per heavy atom. The van der Waals surface area contributed by atoms with Gasteiger partial charge in [-0.1, -0.05) is 13.8 Å². The molecule has 0 saturated carbocycles. The van der Waals surface area contributed by atoms with E-state index in [4.69, 9.17) is 4.74 Å². The van der Waals surface area contributed by atoms with Crippen LogP contribution >= 0.6 is 0 Å². The van der Waals surface area contributed by atoms with Gasteiger partial charge in [-0.2, -0.15) is 0 Å². The molecule has 2 unspecified atom stereocenters. The number of carbonyl (C=O) groups is 1. The van der Waals surface area contributed by atoms with Gasteiger partial charge in [0.2, 0.25) is 0 Å². The highest BCUT2D eigenvalue weighted by Crippen LogP contribution is 2.18. The van der Waals surface area contributed by atoms with Crippen molar-refractivity contribution in [2.45, 2.75) is 45.7 Å². The van der Waals surface area contributed by atoms with Gasteiger partial charge in [0.25, 0.3) is 5.91 Å². The summed E-state index contributed by atoms with van der Waals surface area (Å²) >= 11 is 0. The van der Waals surface area contributed by atoms with E-state index in [9.17, 15) is 4.79 Å². The molecule has 1 heterocycles. The molecule has 0 aromatic heterocycles. The van der Waals surface area contributed by atoms with Crippen LogP contribution in [0.3, 0.4) is 0 Å². The van der Waals surface area contributed by atoms with Crippen LogP contribution in [0.25, 0.3) is 0 Å². The van der Waals surface area contributed by atoms with E-state index in [0.717, 1.165) is 37.2 Å². The molecule has 1 amide bonds. The Hall–Kier alpha value is -1.55. The molecule has 1 aromatic rings. The largest absolute Gasteiger partial charge is 0.494 e. The maximum Gasteiger partial charge on any atom is 0.254 e. The summed E-state index contributed by atoms with van der Waals surface area (Å²) < 4.78 is 5.43. The van der Waals surface area contributed by atoms with Gasteiger partial charge >= 0.3 is 0 Å². The van der Waals surface area contributed by atoms with Crippen molar-refractivity contribution in [3.8, 4) is 5.75 Å². The van der Waals surface area contributed by atoms with Crippen LogP contribution in [-0.2, 0) is 0 Å². The van der Waals surface area contributed by atoms with E-state index in [1.807, 2.05) is 36.1 Å². The molecule has 4 heteroatoms. The summed E-state index contributed by atoms with van der Waals surface area (Å²) in [6.07, 6.45) is 2.02. The maximum atomic E-state index is 12.8. The van der Waals surface area contributed by atoms with Crippen molar-refractivity contribution in [2.75, 3.05) is 19.7 Å². The summed E-state index contributed by atoms with van der Waals surface area (Å²) in [6, 6.07) is 8.16. The number of hydrogen-bond donors (Lipinski definition) is 1.